The van der Waals surface area contributed by atoms with Crippen LogP contribution in [0.1, 0.15) is 0 Å². The topological polar surface area (TPSA) is 17.8 Å². The summed E-state index contributed by atoms with van der Waals surface area (Å²) in [6.07, 6.45) is 1.84. The van der Waals surface area contributed by atoms with Crippen LogP contribution in [0.5, 0.6) is 0 Å². The van der Waals surface area contributed by atoms with E-state index in [-0.39, 0.29) is 0 Å². The zero-order valence-electron chi connectivity index (χ0n) is 7.99. The summed E-state index contributed by atoms with van der Waals surface area (Å²) in [6.45, 7) is 2.73. The first kappa shape index (κ1) is 9.56. The maximum atomic E-state index is 4.18. The Morgan fingerprint density at radius 1 is 1.67 bits per heavy atom. The van der Waals surface area contributed by atoms with E-state index in [1.165, 1.54) is 5.59 Å². The molecule has 0 amide bonds. The Balaban J connectivity index is 2.74. The van der Waals surface area contributed by atoms with Crippen molar-refractivity contribution >= 4 is 55.4 Å². The van der Waals surface area contributed by atoms with Crippen LogP contribution in [0.4, 0.5) is 0 Å². The molecular weight excluding hydrogens is 141 g/mol. The molecule has 0 saturated heterocycles. The average Bonchev–Trinajstić information content (AvgIpc) is 2.47. The van der Waals surface area contributed by atoms with Crippen molar-refractivity contribution in [3.05, 3.63) is 12.3 Å². The normalized spacial score (nSPS) is 9.67. The van der Waals surface area contributed by atoms with E-state index in [9.17, 15) is 0 Å². The first-order valence-corrected chi connectivity index (χ1v) is 4.44. The predicted molar refractivity (Wildman–Crippen MR) is 67.6 cm³/mol. The van der Waals surface area contributed by atoms with Gasteiger partial charge in [-0.25, -0.2) is 0 Å². The molecular formula is C4H10B6N2. The van der Waals surface area contributed by atoms with Crippen LogP contribution < -0.4 is 5.59 Å². The van der Waals surface area contributed by atoms with Crippen molar-refractivity contribution in [3.63, 3.8) is 0 Å². The van der Waals surface area contributed by atoms with Gasteiger partial charge in [-0.15, -0.1) is 0 Å². The molecule has 0 atom stereocenters. The summed E-state index contributed by atoms with van der Waals surface area (Å²) < 4.78 is 1.98. The molecule has 0 N–H and O–H groups in total. The third-order valence-electron chi connectivity index (χ3n) is 1.70. The van der Waals surface area contributed by atoms with E-state index >= 15 is 0 Å². The molecule has 1 aromatic rings. The maximum absolute atomic E-state index is 4.18. The average molecular weight is 151 g/mol. The van der Waals surface area contributed by atoms with E-state index in [0.717, 1.165) is 7.31 Å². The quantitative estimate of drug-likeness (QED) is 0.396. The minimum absolute atomic E-state index is 0.602. The van der Waals surface area contributed by atoms with Crippen LogP contribution in [-0.2, 0) is 0 Å². The summed E-state index contributed by atoms with van der Waals surface area (Å²) in [7, 11) is 7.37. The summed E-state index contributed by atoms with van der Waals surface area (Å²) in [5.74, 6) is 2.18. The van der Waals surface area contributed by atoms with E-state index < -0.39 is 0 Å². The molecule has 0 bridgehead atoms. The number of hydrogen-bond donors (Lipinski definition) is 0. The zero-order valence-corrected chi connectivity index (χ0v) is 7.99. The monoisotopic (exact) mass is 152 g/mol. The summed E-state index contributed by atoms with van der Waals surface area (Å²) in [5, 5.41) is 4.18. The van der Waals surface area contributed by atoms with Gasteiger partial charge >= 0.3 is 77.3 Å². The Hall–Kier alpha value is -0.530. The fraction of sp³-hybridized carbons (Fsp3) is 0. The second kappa shape index (κ2) is 4.48. The molecule has 0 radical (unpaired) electrons. The van der Waals surface area contributed by atoms with Crippen LogP contribution in [-0.4, -0.2) is 59.5 Å². The molecule has 0 spiro atoms. The predicted octanol–water partition coefficient (Wildman–Crippen LogP) is -4.94. The van der Waals surface area contributed by atoms with Gasteiger partial charge in [0.05, 0.1) is 0 Å². The van der Waals surface area contributed by atoms with Crippen molar-refractivity contribution in [1.29, 1.82) is 0 Å². The molecule has 0 aliphatic carbocycles. The van der Waals surface area contributed by atoms with Gasteiger partial charge < -0.3 is 0 Å². The fourth-order valence-corrected chi connectivity index (χ4v) is 1.04. The Kier molecular flexibility index (Phi) is 3.57. The number of nitrogens with zero attached hydrogens (tertiary/aromatic N) is 2. The molecule has 2 nitrogen and oxygen atoms in total. The van der Waals surface area contributed by atoms with Crippen LogP contribution >= 0.6 is 0 Å². The molecule has 12 heavy (non-hydrogen) atoms. The van der Waals surface area contributed by atoms with Gasteiger partial charge in [-0.2, -0.15) is 0 Å². The molecule has 0 aliphatic heterocycles. The molecule has 1 rings (SSSR count). The molecule has 1 heterocycles. The van der Waals surface area contributed by atoms with Gasteiger partial charge in [0.15, 0.2) is 0 Å². The van der Waals surface area contributed by atoms with Crippen molar-refractivity contribution in [2.24, 2.45) is 0 Å². The van der Waals surface area contributed by atoms with Gasteiger partial charge in [-0.3, -0.25) is 0 Å². The van der Waals surface area contributed by atoms with E-state index in [1.807, 2.05) is 16.9 Å². The van der Waals surface area contributed by atoms with Gasteiger partial charge in [-0.1, -0.05) is 0 Å². The van der Waals surface area contributed by atoms with E-state index in [2.05, 4.69) is 41.1 Å². The zero-order chi connectivity index (χ0) is 8.97. The molecule has 0 unspecified atom stereocenters. The molecule has 54 valence electrons. The van der Waals surface area contributed by atoms with Crippen molar-refractivity contribution in [1.82, 2.24) is 9.69 Å². The third kappa shape index (κ3) is 2.50. The summed E-state index contributed by atoms with van der Waals surface area (Å²) in [5.41, 5.74) is 1.19. The van der Waals surface area contributed by atoms with Gasteiger partial charge in [0.1, 0.15) is 0 Å². The first-order valence-electron chi connectivity index (χ1n) is 4.44. The van der Waals surface area contributed by atoms with Gasteiger partial charge in [0, 0.05) is 0 Å². The van der Waals surface area contributed by atoms with Crippen LogP contribution in [0.15, 0.2) is 12.3 Å². The molecule has 0 aliphatic rings. The molecule has 8 heteroatoms. The first-order chi connectivity index (χ1) is 5.74. The van der Waals surface area contributed by atoms with Crippen LogP contribution in [0, 0.1) is 0 Å². The molecule has 0 fully saturated rings. The fourth-order valence-electron chi connectivity index (χ4n) is 1.04. The standard InChI is InChI=1S/C4H10B6N2/c5-9-12-4(1-2-11-12)8-3-10(6)7/h1-3,9H,5-7H2. The van der Waals surface area contributed by atoms with Crippen molar-refractivity contribution < 1.29 is 0 Å². The SMILES string of the molecule is BBn1nccc1/B=C\B(B)B. The van der Waals surface area contributed by atoms with E-state index in [0.29, 0.717) is 6.49 Å². The van der Waals surface area contributed by atoms with Crippen LogP contribution in [0.3, 0.4) is 0 Å². The minimum atomic E-state index is 0.602. The summed E-state index contributed by atoms with van der Waals surface area (Å²) >= 11 is 0. The number of hydrogen-bond acceptors (Lipinski definition) is 1. The van der Waals surface area contributed by atoms with Crippen molar-refractivity contribution in [3.8, 4) is 0 Å². The van der Waals surface area contributed by atoms with Gasteiger partial charge in [0.2, 0.25) is 0 Å². The van der Waals surface area contributed by atoms with Gasteiger partial charge in [-0.05, 0) is 0 Å². The summed E-state index contributed by atoms with van der Waals surface area (Å²) in [6, 6.07) is 2.03. The van der Waals surface area contributed by atoms with Crippen molar-refractivity contribution in [2.45, 2.75) is 0 Å². The molecule has 0 saturated carbocycles. The van der Waals surface area contributed by atoms with Crippen LogP contribution in [0.2, 0.25) is 0 Å². The Morgan fingerprint density at radius 3 is 3.00 bits per heavy atom. The Morgan fingerprint density at radius 2 is 2.42 bits per heavy atom. The molecule has 1 aromatic heterocycles. The number of rotatable bonds is 3. The second-order valence-corrected chi connectivity index (χ2v) is 3.17. The molecule has 0 aromatic carbocycles. The van der Waals surface area contributed by atoms with Gasteiger partial charge in [0.25, 0.3) is 0 Å². The van der Waals surface area contributed by atoms with Crippen LogP contribution in [0.25, 0.3) is 0 Å². The number of aromatic nitrogens is 2. The van der Waals surface area contributed by atoms with Crippen molar-refractivity contribution in [2.75, 3.05) is 0 Å². The second-order valence-electron chi connectivity index (χ2n) is 3.17. The third-order valence-corrected chi connectivity index (χ3v) is 1.70. The Bertz CT molecular complexity index is 268. The summed E-state index contributed by atoms with van der Waals surface area (Å²) in [4.78, 5) is 0. The van der Waals surface area contributed by atoms with E-state index in [1.54, 1.807) is 0 Å². The van der Waals surface area contributed by atoms with E-state index in [4.69, 9.17) is 0 Å². The Labute approximate surface area is 77.9 Å².